The van der Waals surface area contributed by atoms with E-state index in [1.165, 1.54) is 10.9 Å². The van der Waals surface area contributed by atoms with Crippen LogP contribution in [0, 0.1) is 11.6 Å². The third-order valence-corrected chi connectivity index (χ3v) is 5.34. The molecule has 0 aliphatic heterocycles. The quantitative estimate of drug-likeness (QED) is 0.348. The van der Waals surface area contributed by atoms with Crippen LogP contribution < -0.4 is 16.4 Å². The largest absolute Gasteiger partial charge is 0.390 e. The number of carbonyl (C=O) groups is 1. The fourth-order valence-electron chi connectivity index (χ4n) is 3.27. The number of carbonyl (C=O) groups excluding carboxylic acids is 1. The van der Waals surface area contributed by atoms with Crippen LogP contribution in [0.15, 0.2) is 42.5 Å². The SMILES string of the molecule is C.CCc1cccc(CNC[C@@H](O)[C@H](Cc2cc(F)cc(F)c2)NC(=O)[C@H](N)CC=S=O)c1. The van der Waals surface area contributed by atoms with Gasteiger partial charge in [0.25, 0.3) is 0 Å². The van der Waals surface area contributed by atoms with Crippen LogP contribution in [0.2, 0.25) is 0 Å². The summed E-state index contributed by atoms with van der Waals surface area (Å²) in [6, 6.07) is 9.28. The Morgan fingerprint density at radius 3 is 2.45 bits per heavy atom. The molecule has 0 aliphatic rings. The Morgan fingerprint density at radius 2 is 1.82 bits per heavy atom. The summed E-state index contributed by atoms with van der Waals surface area (Å²) in [5.41, 5.74) is 8.33. The van der Waals surface area contributed by atoms with E-state index in [4.69, 9.17) is 5.73 Å². The number of hydrogen-bond donors (Lipinski definition) is 4. The molecule has 0 radical (unpaired) electrons. The lowest BCUT2D eigenvalue weighted by Crippen LogP contribution is -2.53. The van der Waals surface area contributed by atoms with Crippen molar-refractivity contribution >= 4 is 22.5 Å². The van der Waals surface area contributed by atoms with E-state index >= 15 is 0 Å². The molecule has 6 nitrogen and oxygen atoms in total. The van der Waals surface area contributed by atoms with Crippen LogP contribution in [0.25, 0.3) is 0 Å². The van der Waals surface area contributed by atoms with Crippen LogP contribution in [0.1, 0.15) is 37.5 Å². The number of rotatable bonds is 12. The van der Waals surface area contributed by atoms with Crippen molar-refractivity contribution < 1.29 is 22.9 Å². The van der Waals surface area contributed by atoms with E-state index in [-0.39, 0.29) is 43.6 Å². The van der Waals surface area contributed by atoms with Crippen molar-refractivity contribution in [1.29, 1.82) is 0 Å². The molecule has 0 saturated carbocycles. The zero-order chi connectivity index (χ0) is 23.5. The van der Waals surface area contributed by atoms with Gasteiger partial charge in [0.1, 0.15) is 11.6 Å². The molecule has 33 heavy (non-hydrogen) atoms. The molecule has 1 amide bonds. The standard InChI is InChI=1S/C23H29F2N3O3S.CH4/c1-2-15-4-3-5-16(8-15)13-27-14-22(29)21(28-23(30)20(26)6-7-32-31)11-17-9-18(24)12-19(25)10-17;/h3-5,7-10,12,20-22,27,29H,2,6,11,13-14,26H2,1H3,(H,28,30);1H4/t20-,21+,22-;/m1./s1. The first kappa shape index (κ1) is 28.6. The number of benzene rings is 2. The number of nitrogens with two attached hydrogens (primary N) is 1. The summed E-state index contributed by atoms with van der Waals surface area (Å²) in [5, 5.41) is 17.8. The first-order chi connectivity index (χ1) is 15.3. The minimum absolute atomic E-state index is 0. The zero-order valence-electron chi connectivity index (χ0n) is 17.9. The Bertz CT molecular complexity index is 934. The van der Waals surface area contributed by atoms with Gasteiger partial charge in [-0.05, 0) is 41.7 Å². The van der Waals surface area contributed by atoms with Gasteiger partial charge >= 0.3 is 0 Å². The molecule has 2 rings (SSSR count). The molecular weight excluding hydrogens is 448 g/mol. The Hall–Kier alpha value is -2.46. The second-order valence-electron chi connectivity index (χ2n) is 7.57. The summed E-state index contributed by atoms with van der Waals surface area (Å²) in [6.45, 7) is 2.71. The number of hydrogen-bond acceptors (Lipinski definition) is 5. The van der Waals surface area contributed by atoms with Crippen LogP contribution >= 0.6 is 0 Å². The molecule has 2 aromatic rings. The van der Waals surface area contributed by atoms with Gasteiger partial charge in [0.05, 0.1) is 29.4 Å². The number of aliphatic hydroxyl groups excluding tert-OH is 1. The van der Waals surface area contributed by atoms with Gasteiger partial charge in [0.2, 0.25) is 5.91 Å². The molecule has 3 atom stereocenters. The van der Waals surface area contributed by atoms with E-state index in [9.17, 15) is 22.9 Å². The van der Waals surface area contributed by atoms with Gasteiger partial charge in [-0.3, -0.25) is 4.79 Å². The Morgan fingerprint density at radius 1 is 1.15 bits per heavy atom. The lowest BCUT2D eigenvalue weighted by atomic mass is 10.00. The highest BCUT2D eigenvalue weighted by Gasteiger charge is 2.24. The number of amides is 1. The van der Waals surface area contributed by atoms with Gasteiger partial charge in [0, 0.05) is 30.9 Å². The monoisotopic (exact) mass is 481 g/mol. The summed E-state index contributed by atoms with van der Waals surface area (Å²) >= 11 is 0.212. The van der Waals surface area contributed by atoms with Crippen molar-refractivity contribution in [3.05, 3.63) is 70.8 Å². The van der Waals surface area contributed by atoms with Gasteiger partial charge in [-0.25, -0.2) is 13.0 Å². The molecule has 5 N–H and O–H groups in total. The van der Waals surface area contributed by atoms with Crippen molar-refractivity contribution in [2.45, 2.75) is 58.3 Å². The van der Waals surface area contributed by atoms with E-state index in [0.717, 1.165) is 30.2 Å². The highest BCUT2D eigenvalue weighted by molar-refractivity contribution is 7.64. The molecule has 9 heteroatoms. The smallest absolute Gasteiger partial charge is 0.237 e. The van der Waals surface area contributed by atoms with E-state index < -0.39 is 35.7 Å². The summed E-state index contributed by atoms with van der Waals surface area (Å²) in [5.74, 6) is -2.05. The van der Waals surface area contributed by atoms with Crippen LogP contribution in [-0.2, 0) is 35.4 Å². The maximum absolute atomic E-state index is 13.6. The summed E-state index contributed by atoms with van der Waals surface area (Å²) < 4.78 is 37.7. The second-order valence-corrected chi connectivity index (χ2v) is 8.10. The number of aryl methyl sites for hydroxylation is 1. The molecule has 0 aliphatic carbocycles. The first-order valence-electron chi connectivity index (χ1n) is 10.4. The van der Waals surface area contributed by atoms with Crippen molar-refractivity contribution in [3.63, 3.8) is 0 Å². The molecule has 0 heterocycles. The predicted octanol–water partition coefficient (Wildman–Crippen LogP) is 2.07. The van der Waals surface area contributed by atoms with Gasteiger partial charge in [-0.2, -0.15) is 0 Å². The van der Waals surface area contributed by atoms with Crippen LogP contribution in [0.4, 0.5) is 8.78 Å². The van der Waals surface area contributed by atoms with Crippen LogP contribution in [0.5, 0.6) is 0 Å². The summed E-state index contributed by atoms with van der Waals surface area (Å²) in [4.78, 5) is 12.4. The third-order valence-electron chi connectivity index (χ3n) is 5.01. The van der Waals surface area contributed by atoms with Crippen molar-refractivity contribution in [1.82, 2.24) is 10.6 Å². The second kappa shape index (κ2) is 14.6. The molecule has 0 bridgehead atoms. The normalized spacial score (nSPS) is 13.4. The van der Waals surface area contributed by atoms with Crippen LogP contribution in [-0.4, -0.2) is 45.3 Å². The molecule has 0 saturated heterocycles. The fourth-order valence-corrected chi connectivity index (χ4v) is 3.56. The lowest BCUT2D eigenvalue weighted by Gasteiger charge is -2.26. The van der Waals surface area contributed by atoms with E-state index in [2.05, 4.69) is 23.6 Å². The Balaban J connectivity index is 0.00000544. The van der Waals surface area contributed by atoms with E-state index in [0.29, 0.717) is 6.54 Å². The van der Waals surface area contributed by atoms with Gasteiger partial charge in [-0.15, -0.1) is 0 Å². The molecule has 0 unspecified atom stereocenters. The van der Waals surface area contributed by atoms with Crippen molar-refractivity contribution in [2.24, 2.45) is 5.73 Å². The van der Waals surface area contributed by atoms with Crippen molar-refractivity contribution in [2.75, 3.05) is 6.54 Å². The molecule has 2 aromatic carbocycles. The molecule has 0 spiro atoms. The summed E-state index contributed by atoms with van der Waals surface area (Å²) in [7, 11) is 0. The number of aliphatic hydroxyl groups is 1. The van der Waals surface area contributed by atoms with Gasteiger partial charge in [0.15, 0.2) is 0 Å². The number of nitrogens with one attached hydrogen (secondary N) is 2. The average molecular weight is 482 g/mol. The molecule has 0 aromatic heterocycles. The minimum Gasteiger partial charge on any atom is -0.390 e. The predicted molar refractivity (Wildman–Crippen MR) is 129 cm³/mol. The third kappa shape index (κ3) is 9.91. The van der Waals surface area contributed by atoms with E-state index in [1.54, 1.807) is 0 Å². The van der Waals surface area contributed by atoms with E-state index in [1.807, 2.05) is 18.2 Å². The molecule has 0 fully saturated rings. The minimum atomic E-state index is -1.05. The summed E-state index contributed by atoms with van der Waals surface area (Å²) in [6.07, 6.45) is -0.0769. The number of halogens is 2. The zero-order valence-corrected chi connectivity index (χ0v) is 18.7. The lowest BCUT2D eigenvalue weighted by molar-refractivity contribution is -0.123. The maximum atomic E-state index is 13.6. The Labute approximate surface area is 197 Å². The van der Waals surface area contributed by atoms with Gasteiger partial charge in [-0.1, -0.05) is 38.6 Å². The van der Waals surface area contributed by atoms with Gasteiger partial charge < -0.3 is 21.5 Å². The van der Waals surface area contributed by atoms with Crippen molar-refractivity contribution in [3.8, 4) is 0 Å². The highest BCUT2D eigenvalue weighted by Crippen LogP contribution is 2.12. The first-order valence-corrected chi connectivity index (χ1v) is 11.2. The fraction of sp³-hybridized carbons (Fsp3) is 0.417. The molecule has 182 valence electrons. The molecular formula is C24H33F2N3O3S. The average Bonchev–Trinajstić information content (AvgIpc) is 2.76. The topological polar surface area (TPSA) is 104 Å². The van der Waals surface area contributed by atoms with Crippen LogP contribution in [0.3, 0.4) is 0 Å². The maximum Gasteiger partial charge on any atom is 0.237 e. The highest BCUT2D eigenvalue weighted by atomic mass is 32.1. The Kier molecular flexibility index (Phi) is 12.7.